The molecule has 0 spiro atoms. The Kier molecular flexibility index (Phi) is 4.03. The number of hydrogen-bond donors (Lipinski definition) is 1. The van der Waals surface area contributed by atoms with Gasteiger partial charge >= 0.3 is 0 Å². The van der Waals surface area contributed by atoms with Gasteiger partial charge in [-0.2, -0.15) is 0 Å². The molecule has 1 aromatic carbocycles. The molecule has 1 amide bonds. The normalized spacial score (nSPS) is 21.7. The van der Waals surface area contributed by atoms with E-state index < -0.39 is 0 Å². The molecule has 1 aliphatic rings. The van der Waals surface area contributed by atoms with E-state index in [1.807, 2.05) is 0 Å². The lowest BCUT2D eigenvalue weighted by Crippen LogP contribution is -2.32. The van der Waals surface area contributed by atoms with Crippen molar-refractivity contribution in [2.24, 2.45) is 5.41 Å². The zero-order valence-electron chi connectivity index (χ0n) is 11.4. The topological polar surface area (TPSA) is 29.1 Å². The third-order valence-electron chi connectivity index (χ3n) is 3.63. The second kappa shape index (κ2) is 5.55. The van der Waals surface area contributed by atoms with E-state index >= 15 is 0 Å². The molecule has 0 radical (unpaired) electrons. The van der Waals surface area contributed by atoms with Gasteiger partial charge in [0.15, 0.2) is 0 Å². The third kappa shape index (κ3) is 3.91. The van der Waals surface area contributed by atoms with Crippen molar-refractivity contribution in [3.63, 3.8) is 0 Å². The minimum absolute atomic E-state index is 0.147. The Morgan fingerprint density at radius 1 is 1.42 bits per heavy atom. The van der Waals surface area contributed by atoms with Crippen molar-refractivity contribution in [1.29, 1.82) is 0 Å². The highest BCUT2D eigenvalue weighted by atomic mass is 19.1. The van der Waals surface area contributed by atoms with Crippen LogP contribution in [0.15, 0.2) is 30.3 Å². The zero-order chi connectivity index (χ0) is 13.9. The summed E-state index contributed by atoms with van der Waals surface area (Å²) in [5.74, 6) is -0.459. The summed E-state index contributed by atoms with van der Waals surface area (Å²) in [6.45, 7) is 4.43. The Morgan fingerprint density at radius 2 is 2.16 bits per heavy atom. The molecule has 1 aliphatic carbocycles. The predicted molar refractivity (Wildman–Crippen MR) is 75.0 cm³/mol. The number of halogens is 1. The number of rotatable bonds is 3. The molecule has 102 valence electrons. The maximum absolute atomic E-state index is 13.4. The highest BCUT2D eigenvalue weighted by molar-refractivity contribution is 5.91. The van der Waals surface area contributed by atoms with Crippen LogP contribution in [0.1, 0.15) is 38.7 Å². The van der Waals surface area contributed by atoms with E-state index in [9.17, 15) is 9.18 Å². The molecule has 1 unspecified atom stereocenters. The summed E-state index contributed by atoms with van der Waals surface area (Å²) in [4.78, 5) is 11.8. The molecule has 1 aromatic rings. The fourth-order valence-corrected chi connectivity index (χ4v) is 2.58. The van der Waals surface area contributed by atoms with Crippen LogP contribution in [0.4, 0.5) is 4.39 Å². The molecule has 0 saturated heterocycles. The summed E-state index contributed by atoms with van der Waals surface area (Å²) < 4.78 is 13.4. The predicted octanol–water partition coefficient (Wildman–Crippen LogP) is 3.53. The lowest BCUT2D eigenvalue weighted by Gasteiger charge is -2.17. The molecule has 2 rings (SSSR count). The SMILES string of the molecule is CC1(C)CCC(NC(=O)/C=C/c2ccccc2F)C1. The maximum Gasteiger partial charge on any atom is 0.244 e. The Bertz CT molecular complexity index is 493. The molecule has 2 nitrogen and oxygen atoms in total. The van der Waals surface area contributed by atoms with Gasteiger partial charge < -0.3 is 5.32 Å². The number of carbonyl (C=O) groups excluding carboxylic acids is 1. The van der Waals surface area contributed by atoms with E-state index in [4.69, 9.17) is 0 Å². The minimum Gasteiger partial charge on any atom is -0.350 e. The maximum atomic E-state index is 13.4. The van der Waals surface area contributed by atoms with Crippen LogP contribution in [0.3, 0.4) is 0 Å². The van der Waals surface area contributed by atoms with Crippen LogP contribution >= 0.6 is 0 Å². The average Bonchev–Trinajstić information content (AvgIpc) is 2.67. The van der Waals surface area contributed by atoms with E-state index in [1.54, 1.807) is 18.2 Å². The number of carbonyl (C=O) groups is 1. The van der Waals surface area contributed by atoms with Crippen molar-refractivity contribution in [3.05, 3.63) is 41.7 Å². The van der Waals surface area contributed by atoms with E-state index in [2.05, 4.69) is 19.2 Å². The van der Waals surface area contributed by atoms with Crippen molar-refractivity contribution >= 4 is 12.0 Å². The first-order valence-corrected chi connectivity index (χ1v) is 6.69. The summed E-state index contributed by atoms with van der Waals surface area (Å²) in [5.41, 5.74) is 0.747. The van der Waals surface area contributed by atoms with Gasteiger partial charge in [-0.25, -0.2) is 4.39 Å². The van der Waals surface area contributed by atoms with Crippen LogP contribution in [0, 0.1) is 11.2 Å². The van der Waals surface area contributed by atoms with Gasteiger partial charge in [0, 0.05) is 17.7 Å². The Balaban J connectivity index is 1.90. The largest absolute Gasteiger partial charge is 0.350 e. The Labute approximate surface area is 113 Å². The first kappa shape index (κ1) is 13.8. The zero-order valence-corrected chi connectivity index (χ0v) is 11.4. The lowest BCUT2D eigenvalue weighted by atomic mass is 9.92. The van der Waals surface area contributed by atoms with Crippen LogP contribution in [0.5, 0.6) is 0 Å². The van der Waals surface area contributed by atoms with E-state index in [0.717, 1.165) is 19.3 Å². The van der Waals surface area contributed by atoms with Crippen LogP contribution in [0.25, 0.3) is 6.08 Å². The molecule has 0 bridgehead atoms. The monoisotopic (exact) mass is 261 g/mol. The number of nitrogens with one attached hydrogen (secondary N) is 1. The second-order valence-corrected chi connectivity index (χ2v) is 5.97. The van der Waals surface area contributed by atoms with Crippen LogP contribution in [-0.2, 0) is 4.79 Å². The molecule has 3 heteroatoms. The van der Waals surface area contributed by atoms with Crippen molar-refractivity contribution < 1.29 is 9.18 Å². The van der Waals surface area contributed by atoms with Gasteiger partial charge in [0.25, 0.3) is 0 Å². The van der Waals surface area contributed by atoms with Gasteiger partial charge in [-0.05, 0) is 36.8 Å². The van der Waals surface area contributed by atoms with Crippen molar-refractivity contribution in [1.82, 2.24) is 5.32 Å². The minimum atomic E-state index is -0.312. The summed E-state index contributed by atoms with van der Waals surface area (Å²) >= 11 is 0. The highest BCUT2D eigenvalue weighted by Gasteiger charge is 2.31. The van der Waals surface area contributed by atoms with Crippen molar-refractivity contribution in [2.45, 2.75) is 39.2 Å². The molecule has 1 fully saturated rings. The summed E-state index contributed by atoms with van der Waals surface area (Å²) in [7, 11) is 0. The molecule has 0 heterocycles. The molecular formula is C16H20FNO. The molecule has 0 aliphatic heterocycles. The van der Waals surface area contributed by atoms with Gasteiger partial charge in [0.05, 0.1) is 0 Å². The van der Waals surface area contributed by atoms with Crippen LogP contribution in [-0.4, -0.2) is 11.9 Å². The van der Waals surface area contributed by atoms with E-state index in [1.165, 1.54) is 18.2 Å². The molecule has 1 N–H and O–H groups in total. The second-order valence-electron chi connectivity index (χ2n) is 5.97. The third-order valence-corrected chi connectivity index (χ3v) is 3.63. The van der Waals surface area contributed by atoms with Crippen molar-refractivity contribution in [2.75, 3.05) is 0 Å². The van der Waals surface area contributed by atoms with E-state index in [0.29, 0.717) is 11.0 Å². The molecular weight excluding hydrogens is 241 g/mol. The van der Waals surface area contributed by atoms with Crippen LogP contribution in [0.2, 0.25) is 0 Å². The fourth-order valence-electron chi connectivity index (χ4n) is 2.58. The summed E-state index contributed by atoms with van der Waals surface area (Å²) in [5, 5.41) is 2.98. The number of amides is 1. The molecule has 0 aromatic heterocycles. The number of benzene rings is 1. The van der Waals surface area contributed by atoms with E-state index in [-0.39, 0.29) is 17.8 Å². The summed E-state index contributed by atoms with van der Waals surface area (Å²) in [6.07, 6.45) is 6.09. The fraction of sp³-hybridized carbons (Fsp3) is 0.438. The average molecular weight is 261 g/mol. The number of hydrogen-bond acceptors (Lipinski definition) is 1. The lowest BCUT2D eigenvalue weighted by molar-refractivity contribution is -0.117. The standard InChI is InChI=1S/C16H20FNO/c1-16(2)10-9-13(11-16)18-15(19)8-7-12-5-3-4-6-14(12)17/h3-8,13H,9-11H2,1-2H3,(H,18,19)/b8-7+. The molecule has 1 saturated carbocycles. The Hall–Kier alpha value is -1.64. The summed E-state index contributed by atoms with van der Waals surface area (Å²) in [6, 6.07) is 6.66. The smallest absolute Gasteiger partial charge is 0.244 e. The Morgan fingerprint density at radius 3 is 2.79 bits per heavy atom. The first-order valence-electron chi connectivity index (χ1n) is 6.69. The molecule has 19 heavy (non-hydrogen) atoms. The van der Waals surface area contributed by atoms with Crippen LogP contribution < -0.4 is 5.32 Å². The van der Waals surface area contributed by atoms with Gasteiger partial charge in [0.2, 0.25) is 5.91 Å². The van der Waals surface area contributed by atoms with Gasteiger partial charge in [0.1, 0.15) is 5.82 Å². The van der Waals surface area contributed by atoms with Gasteiger partial charge in [-0.1, -0.05) is 32.0 Å². The quantitative estimate of drug-likeness (QED) is 0.828. The first-order chi connectivity index (χ1) is 8.96. The van der Waals surface area contributed by atoms with Crippen molar-refractivity contribution in [3.8, 4) is 0 Å². The highest BCUT2D eigenvalue weighted by Crippen LogP contribution is 2.36. The van der Waals surface area contributed by atoms with Gasteiger partial charge in [-0.3, -0.25) is 4.79 Å². The van der Waals surface area contributed by atoms with Gasteiger partial charge in [-0.15, -0.1) is 0 Å². The molecule has 1 atom stereocenters.